The lowest BCUT2D eigenvalue weighted by Crippen LogP contribution is -2.40. The molecule has 2 heterocycles. The zero-order chi connectivity index (χ0) is 14.3. The third-order valence-electron chi connectivity index (χ3n) is 4.75. The molecule has 1 aromatic rings. The summed E-state index contributed by atoms with van der Waals surface area (Å²) in [5, 5.41) is 9.07. The smallest absolute Gasteiger partial charge is 0.307 e. The van der Waals surface area contributed by atoms with E-state index in [0.717, 1.165) is 24.8 Å². The van der Waals surface area contributed by atoms with E-state index in [9.17, 15) is 9.59 Å². The summed E-state index contributed by atoms with van der Waals surface area (Å²) in [4.78, 5) is 29.4. The Balaban J connectivity index is 1.66. The highest BCUT2D eigenvalue weighted by molar-refractivity contribution is 5.93. The molecule has 1 aliphatic carbocycles. The first-order valence-electron chi connectivity index (χ1n) is 6.97. The van der Waals surface area contributed by atoms with Crippen LogP contribution in [0.4, 0.5) is 0 Å². The van der Waals surface area contributed by atoms with Crippen molar-refractivity contribution in [3.05, 3.63) is 29.6 Å². The highest BCUT2D eigenvalue weighted by Gasteiger charge is 2.59. The molecule has 5 nitrogen and oxygen atoms in total. The summed E-state index contributed by atoms with van der Waals surface area (Å²) < 4.78 is 0. The maximum atomic E-state index is 12.4. The van der Waals surface area contributed by atoms with E-state index in [2.05, 4.69) is 4.98 Å². The lowest BCUT2D eigenvalue weighted by atomic mass is 9.90. The number of amides is 1. The Morgan fingerprint density at radius 3 is 2.65 bits per heavy atom. The van der Waals surface area contributed by atoms with E-state index in [4.69, 9.17) is 5.11 Å². The molecule has 1 aliphatic heterocycles. The Kier molecular flexibility index (Phi) is 3.00. The molecule has 1 spiro atoms. The molecule has 0 aromatic carbocycles. The molecule has 1 aromatic heterocycles. The van der Waals surface area contributed by atoms with Crippen LogP contribution >= 0.6 is 0 Å². The van der Waals surface area contributed by atoms with Crippen LogP contribution < -0.4 is 0 Å². The fourth-order valence-electron chi connectivity index (χ4n) is 3.26. The van der Waals surface area contributed by atoms with Gasteiger partial charge in [-0.2, -0.15) is 0 Å². The number of hydrogen-bond donors (Lipinski definition) is 1. The number of carboxylic acids is 1. The van der Waals surface area contributed by atoms with E-state index >= 15 is 0 Å². The second kappa shape index (κ2) is 4.58. The zero-order valence-electron chi connectivity index (χ0n) is 11.5. The molecule has 106 valence electrons. The molecule has 1 saturated carbocycles. The van der Waals surface area contributed by atoms with Crippen molar-refractivity contribution in [2.45, 2.75) is 26.2 Å². The number of likely N-dealkylation sites (tertiary alicyclic amines) is 1. The third-order valence-corrected chi connectivity index (χ3v) is 4.75. The van der Waals surface area contributed by atoms with Gasteiger partial charge >= 0.3 is 5.97 Å². The highest BCUT2D eigenvalue weighted by atomic mass is 16.4. The first-order valence-corrected chi connectivity index (χ1v) is 6.97. The minimum absolute atomic E-state index is 0.0366. The van der Waals surface area contributed by atoms with E-state index in [1.54, 1.807) is 11.1 Å². The SMILES string of the molecule is Cc1cccnc1C(=O)N1CCC2(CC1)CC2C(=O)O. The van der Waals surface area contributed by atoms with Crippen LogP contribution in [0, 0.1) is 18.3 Å². The molecule has 0 bridgehead atoms. The van der Waals surface area contributed by atoms with Crippen LogP contribution in [0.5, 0.6) is 0 Å². The quantitative estimate of drug-likeness (QED) is 0.891. The molecule has 20 heavy (non-hydrogen) atoms. The summed E-state index contributed by atoms with van der Waals surface area (Å²) >= 11 is 0. The number of nitrogens with zero attached hydrogens (tertiary/aromatic N) is 2. The van der Waals surface area contributed by atoms with Gasteiger partial charge in [0, 0.05) is 19.3 Å². The van der Waals surface area contributed by atoms with Crippen molar-refractivity contribution in [3.63, 3.8) is 0 Å². The molecule has 1 amide bonds. The van der Waals surface area contributed by atoms with Gasteiger partial charge in [-0.15, -0.1) is 0 Å². The topological polar surface area (TPSA) is 70.5 Å². The van der Waals surface area contributed by atoms with Crippen LogP contribution in [-0.4, -0.2) is 40.0 Å². The van der Waals surface area contributed by atoms with Crippen LogP contribution in [0.25, 0.3) is 0 Å². The van der Waals surface area contributed by atoms with Crippen LogP contribution in [0.2, 0.25) is 0 Å². The van der Waals surface area contributed by atoms with Gasteiger partial charge in [0.25, 0.3) is 5.91 Å². The molecule has 2 fully saturated rings. The maximum absolute atomic E-state index is 12.4. The average Bonchev–Trinajstić information content (AvgIpc) is 3.14. The number of carboxylic acid groups (broad SMARTS) is 1. The monoisotopic (exact) mass is 274 g/mol. The molecule has 1 atom stereocenters. The molecule has 1 N–H and O–H groups in total. The van der Waals surface area contributed by atoms with Gasteiger partial charge in [-0.05, 0) is 43.2 Å². The normalized spacial score (nSPS) is 23.6. The van der Waals surface area contributed by atoms with Crippen LogP contribution in [0.3, 0.4) is 0 Å². The number of carbonyl (C=O) groups excluding carboxylic acids is 1. The number of hydrogen-bond acceptors (Lipinski definition) is 3. The Labute approximate surface area is 117 Å². The van der Waals surface area contributed by atoms with Crippen molar-refractivity contribution in [1.82, 2.24) is 9.88 Å². The van der Waals surface area contributed by atoms with E-state index in [-0.39, 0.29) is 17.2 Å². The molecular weight excluding hydrogens is 256 g/mol. The molecule has 1 unspecified atom stereocenters. The second-order valence-electron chi connectivity index (χ2n) is 5.92. The van der Waals surface area contributed by atoms with E-state index in [0.29, 0.717) is 18.8 Å². The lowest BCUT2D eigenvalue weighted by molar-refractivity contribution is -0.139. The largest absolute Gasteiger partial charge is 0.481 e. The predicted octanol–water partition coefficient (Wildman–Crippen LogP) is 1.72. The van der Waals surface area contributed by atoms with Crippen molar-refractivity contribution in [2.24, 2.45) is 11.3 Å². The number of pyridine rings is 1. The number of aryl methyl sites for hydroxylation is 1. The Bertz CT molecular complexity index is 562. The lowest BCUT2D eigenvalue weighted by Gasteiger charge is -2.32. The predicted molar refractivity (Wildman–Crippen MR) is 72.3 cm³/mol. The van der Waals surface area contributed by atoms with Gasteiger partial charge in [0.15, 0.2) is 0 Å². The zero-order valence-corrected chi connectivity index (χ0v) is 11.5. The summed E-state index contributed by atoms with van der Waals surface area (Å²) in [5.74, 6) is -0.924. The van der Waals surface area contributed by atoms with Gasteiger partial charge < -0.3 is 10.0 Å². The summed E-state index contributed by atoms with van der Waals surface area (Å²) in [5.41, 5.74) is 1.35. The first-order chi connectivity index (χ1) is 9.53. The standard InChI is InChI=1S/C15H18N2O3/c1-10-3-2-6-16-12(10)13(18)17-7-4-15(5-8-17)9-11(15)14(19)20/h2-3,6,11H,4-5,7-9H2,1H3,(H,19,20). The van der Waals surface area contributed by atoms with Crippen LogP contribution in [-0.2, 0) is 4.79 Å². The van der Waals surface area contributed by atoms with Gasteiger partial charge in [0.05, 0.1) is 5.92 Å². The number of aliphatic carboxylic acids is 1. The average molecular weight is 274 g/mol. The van der Waals surface area contributed by atoms with Crippen LogP contribution in [0.1, 0.15) is 35.3 Å². The van der Waals surface area contributed by atoms with Crippen molar-refractivity contribution >= 4 is 11.9 Å². The molecule has 5 heteroatoms. The molecule has 2 aliphatic rings. The number of piperidine rings is 1. The van der Waals surface area contributed by atoms with Crippen molar-refractivity contribution in [1.29, 1.82) is 0 Å². The van der Waals surface area contributed by atoms with Crippen molar-refractivity contribution in [3.8, 4) is 0 Å². The fraction of sp³-hybridized carbons (Fsp3) is 0.533. The number of aromatic nitrogens is 1. The summed E-state index contributed by atoms with van der Waals surface area (Å²) in [6.45, 7) is 3.16. The highest BCUT2D eigenvalue weighted by Crippen LogP contribution is 2.59. The summed E-state index contributed by atoms with van der Waals surface area (Å²) in [7, 11) is 0. The number of rotatable bonds is 2. The van der Waals surface area contributed by atoms with Gasteiger partial charge in [0.1, 0.15) is 5.69 Å². The molecule has 1 saturated heterocycles. The molecule has 0 radical (unpaired) electrons. The van der Waals surface area contributed by atoms with Gasteiger partial charge in [-0.25, -0.2) is 0 Å². The van der Waals surface area contributed by atoms with Crippen molar-refractivity contribution < 1.29 is 14.7 Å². The van der Waals surface area contributed by atoms with Gasteiger partial charge in [-0.1, -0.05) is 6.07 Å². The Hall–Kier alpha value is -1.91. The Morgan fingerprint density at radius 1 is 1.40 bits per heavy atom. The Morgan fingerprint density at radius 2 is 2.10 bits per heavy atom. The van der Waals surface area contributed by atoms with E-state index < -0.39 is 5.97 Å². The third kappa shape index (κ3) is 2.07. The van der Waals surface area contributed by atoms with Crippen molar-refractivity contribution in [2.75, 3.05) is 13.1 Å². The molecule has 3 rings (SSSR count). The summed E-state index contributed by atoms with van der Waals surface area (Å²) in [6, 6.07) is 3.70. The van der Waals surface area contributed by atoms with E-state index in [1.807, 2.05) is 19.1 Å². The number of carbonyl (C=O) groups is 2. The van der Waals surface area contributed by atoms with Gasteiger partial charge in [0.2, 0.25) is 0 Å². The fourth-order valence-corrected chi connectivity index (χ4v) is 3.26. The maximum Gasteiger partial charge on any atom is 0.307 e. The van der Waals surface area contributed by atoms with E-state index in [1.165, 1.54) is 0 Å². The molecular formula is C15H18N2O3. The summed E-state index contributed by atoms with van der Waals surface area (Å²) in [6.07, 6.45) is 3.99. The second-order valence-corrected chi connectivity index (χ2v) is 5.92. The van der Waals surface area contributed by atoms with Crippen LogP contribution in [0.15, 0.2) is 18.3 Å². The minimum atomic E-state index is -0.689. The minimum Gasteiger partial charge on any atom is -0.481 e. The first kappa shape index (κ1) is 13.1. The van der Waals surface area contributed by atoms with Gasteiger partial charge in [-0.3, -0.25) is 14.6 Å².